The highest BCUT2D eigenvalue weighted by Gasteiger charge is 2.38. The maximum atomic E-state index is 12.3. The van der Waals surface area contributed by atoms with Crippen LogP contribution >= 0.6 is 0 Å². The van der Waals surface area contributed by atoms with E-state index in [1.165, 1.54) is 4.90 Å². The van der Waals surface area contributed by atoms with E-state index in [9.17, 15) is 13.2 Å². The molecule has 5 heteroatoms. The van der Waals surface area contributed by atoms with Crippen LogP contribution in [0, 0.1) is 0 Å². The van der Waals surface area contributed by atoms with Gasteiger partial charge < -0.3 is 5.32 Å². The van der Waals surface area contributed by atoms with Gasteiger partial charge in [0.15, 0.2) is 0 Å². The lowest BCUT2D eigenvalue weighted by Gasteiger charge is -2.45. The van der Waals surface area contributed by atoms with Crippen molar-refractivity contribution in [1.82, 2.24) is 10.2 Å². The van der Waals surface area contributed by atoms with Gasteiger partial charge in [0.25, 0.3) is 0 Å². The van der Waals surface area contributed by atoms with E-state index in [-0.39, 0.29) is 11.6 Å². The van der Waals surface area contributed by atoms with E-state index in [1.807, 2.05) is 20.8 Å². The van der Waals surface area contributed by atoms with Gasteiger partial charge >= 0.3 is 6.18 Å². The molecule has 1 fully saturated rings. The van der Waals surface area contributed by atoms with E-state index in [0.29, 0.717) is 13.1 Å². The van der Waals surface area contributed by atoms with Gasteiger partial charge in [0.1, 0.15) is 0 Å². The summed E-state index contributed by atoms with van der Waals surface area (Å²) in [7, 11) is 0. The minimum absolute atomic E-state index is 0.0498. The molecule has 1 N–H and O–H groups in total. The molecule has 2 atom stereocenters. The summed E-state index contributed by atoms with van der Waals surface area (Å²) in [6.45, 7) is 6.08. The summed E-state index contributed by atoms with van der Waals surface area (Å²) in [5.41, 5.74) is -0.183. The van der Waals surface area contributed by atoms with E-state index in [2.05, 4.69) is 5.32 Å². The largest absolute Gasteiger partial charge is 0.401 e. The van der Waals surface area contributed by atoms with Gasteiger partial charge in [-0.3, -0.25) is 4.90 Å². The third-order valence-corrected chi connectivity index (χ3v) is 3.16. The van der Waals surface area contributed by atoms with E-state index < -0.39 is 12.7 Å². The van der Waals surface area contributed by atoms with Crippen LogP contribution in [0.25, 0.3) is 0 Å². The van der Waals surface area contributed by atoms with Gasteiger partial charge in [0, 0.05) is 24.7 Å². The summed E-state index contributed by atoms with van der Waals surface area (Å²) in [5.74, 6) is 0. The minimum Gasteiger partial charge on any atom is -0.309 e. The maximum absolute atomic E-state index is 12.3. The number of nitrogens with one attached hydrogen (secondary N) is 1. The molecule has 0 saturated carbocycles. The monoisotopic (exact) mass is 224 g/mol. The summed E-state index contributed by atoms with van der Waals surface area (Å²) in [4.78, 5) is 1.51. The van der Waals surface area contributed by atoms with E-state index in [1.54, 1.807) is 0 Å². The number of piperazine rings is 1. The molecule has 1 aliphatic heterocycles. The highest BCUT2D eigenvalue weighted by atomic mass is 19.4. The number of halogens is 3. The van der Waals surface area contributed by atoms with Gasteiger partial charge in [0.05, 0.1) is 6.54 Å². The van der Waals surface area contributed by atoms with Gasteiger partial charge in [-0.15, -0.1) is 0 Å². The third kappa shape index (κ3) is 3.65. The SMILES string of the molecule is CCC1(C)CN(CC(F)(F)F)C(C)CN1. The first-order valence-electron chi connectivity index (χ1n) is 5.31. The number of rotatable bonds is 2. The van der Waals surface area contributed by atoms with Crippen LogP contribution in [0.15, 0.2) is 0 Å². The van der Waals surface area contributed by atoms with E-state index in [4.69, 9.17) is 0 Å². The molecule has 0 aromatic heterocycles. The smallest absolute Gasteiger partial charge is 0.309 e. The molecule has 1 heterocycles. The van der Waals surface area contributed by atoms with Crippen LogP contribution in [0.4, 0.5) is 13.2 Å². The van der Waals surface area contributed by atoms with Crippen LogP contribution in [0.2, 0.25) is 0 Å². The number of nitrogens with zero attached hydrogens (tertiary/aromatic N) is 1. The second-order valence-electron chi connectivity index (χ2n) is 4.66. The molecule has 0 bridgehead atoms. The van der Waals surface area contributed by atoms with Gasteiger partial charge in [-0.05, 0) is 20.3 Å². The van der Waals surface area contributed by atoms with Crippen LogP contribution in [-0.2, 0) is 0 Å². The van der Waals surface area contributed by atoms with Gasteiger partial charge in [-0.1, -0.05) is 6.92 Å². The Balaban J connectivity index is 2.62. The Morgan fingerprint density at radius 1 is 1.47 bits per heavy atom. The molecule has 1 aliphatic rings. The Kier molecular flexibility index (Phi) is 3.66. The topological polar surface area (TPSA) is 15.3 Å². The first-order chi connectivity index (χ1) is 6.76. The van der Waals surface area contributed by atoms with Crippen LogP contribution in [0.1, 0.15) is 27.2 Å². The highest BCUT2D eigenvalue weighted by Crippen LogP contribution is 2.23. The van der Waals surface area contributed by atoms with Crippen molar-refractivity contribution in [2.75, 3.05) is 19.6 Å². The summed E-state index contributed by atoms with van der Waals surface area (Å²) in [6, 6.07) is -0.0498. The second kappa shape index (κ2) is 4.29. The van der Waals surface area contributed by atoms with Crippen molar-refractivity contribution in [1.29, 1.82) is 0 Å². The Morgan fingerprint density at radius 2 is 2.07 bits per heavy atom. The molecule has 2 unspecified atom stereocenters. The van der Waals surface area contributed by atoms with Gasteiger partial charge in [0.2, 0.25) is 0 Å². The predicted octanol–water partition coefficient (Wildman–Crippen LogP) is 2.01. The molecule has 0 aliphatic carbocycles. The molecule has 0 amide bonds. The molecule has 1 saturated heterocycles. The Bertz CT molecular complexity index is 217. The molecule has 0 aromatic carbocycles. The molecule has 1 rings (SSSR count). The number of hydrogen-bond donors (Lipinski definition) is 1. The Morgan fingerprint density at radius 3 is 2.53 bits per heavy atom. The average Bonchev–Trinajstić information content (AvgIpc) is 2.09. The summed E-state index contributed by atoms with van der Waals surface area (Å²) in [5, 5.41) is 3.30. The maximum Gasteiger partial charge on any atom is 0.401 e. The molecule has 15 heavy (non-hydrogen) atoms. The van der Waals surface area contributed by atoms with Gasteiger partial charge in [-0.25, -0.2) is 0 Å². The molecule has 2 nitrogen and oxygen atoms in total. The van der Waals surface area contributed by atoms with Crippen LogP contribution < -0.4 is 5.32 Å². The fraction of sp³-hybridized carbons (Fsp3) is 1.00. The first-order valence-corrected chi connectivity index (χ1v) is 5.31. The van der Waals surface area contributed by atoms with Crippen LogP contribution in [0.5, 0.6) is 0 Å². The zero-order valence-electron chi connectivity index (χ0n) is 9.49. The first kappa shape index (κ1) is 12.8. The van der Waals surface area contributed by atoms with Crippen molar-refractivity contribution < 1.29 is 13.2 Å². The van der Waals surface area contributed by atoms with Crippen molar-refractivity contribution in [3.63, 3.8) is 0 Å². The Labute approximate surface area is 88.8 Å². The second-order valence-corrected chi connectivity index (χ2v) is 4.66. The van der Waals surface area contributed by atoms with E-state index in [0.717, 1.165) is 6.42 Å². The predicted molar refractivity (Wildman–Crippen MR) is 53.8 cm³/mol. The summed E-state index contributed by atoms with van der Waals surface area (Å²) in [6.07, 6.45) is -3.26. The fourth-order valence-electron chi connectivity index (χ4n) is 1.86. The highest BCUT2D eigenvalue weighted by molar-refractivity contribution is 4.93. The zero-order chi connectivity index (χ0) is 11.7. The van der Waals surface area contributed by atoms with Crippen LogP contribution in [0.3, 0.4) is 0 Å². The normalized spacial score (nSPS) is 34.4. The molecule has 0 radical (unpaired) electrons. The Hall–Kier alpha value is -0.290. The molecule has 0 spiro atoms. The van der Waals surface area contributed by atoms with Crippen molar-refractivity contribution >= 4 is 0 Å². The number of hydrogen-bond acceptors (Lipinski definition) is 2. The summed E-state index contributed by atoms with van der Waals surface area (Å²) < 4.78 is 36.9. The van der Waals surface area contributed by atoms with Gasteiger partial charge in [-0.2, -0.15) is 13.2 Å². The van der Waals surface area contributed by atoms with Crippen molar-refractivity contribution in [2.24, 2.45) is 0 Å². The van der Waals surface area contributed by atoms with Crippen molar-refractivity contribution in [3.8, 4) is 0 Å². The lowest BCUT2D eigenvalue weighted by atomic mass is 9.94. The third-order valence-electron chi connectivity index (χ3n) is 3.16. The quantitative estimate of drug-likeness (QED) is 0.772. The lowest BCUT2D eigenvalue weighted by Crippen LogP contribution is -2.63. The standard InChI is InChI=1S/C10H19F3N2/c1-4-9(3)6-15(7-10(11,12)13)8(2)5-14-9/h8,14H,4-7H2,1-3H3. The van der Waals surface area contributed by atoms with Crippen molar-refractivity contribution in [2.45, 2.75) is 44.9 Å². The molecular formula is C10H19F3N2. The molecular weight excluding hydrogens is 205 g/mol. The zero-order valence-corrected chi connectivity index (χ0v) is 9.49. The molecule has 0 aromatic rings. The van der Waals surface area contributed by atoms with Crippen molar-refractivity contribution in [3.05, 3.63) is 0 Å². The van der Waals surface area contributed by atoms with Crippen LogP contribution in [-0.4, -0.2) is 42.3 Å². The lowest BCUT2D eigenvalue weighted by molar-refractivity contribution is -0.155. The minimum atomic E-state index is -4.10. The fourth-order valence-corrected chi connectivity index (χ4v) is 1.86. The van der Waals surface area contributed by atoms with E-state index >= 15 is 0 Å². The summed E-state index contributed by atoms with van der Waals surface area (Å²) >= 11 is 0. The molecule has 90 valence electrons. The number of alkyl halides is 3. The average molecular weight is 224 g/mol.